The first-order valence-corrected chi connectivity index (χ1v) is 8.30. The second-order valence-corrected chi connectivity index (χ2v) is 6.32. The Morgan fingerprint density at radius 2 is 1.92 bits per heavy atom. The second-order valence-electron chi connectivity index (χ2n) is 6.32. The normalized spacial score (nSPS) is 18.8. The monoisotopic (exact) mass is 325 g/mol. The zero-order valence-corrected chi connectivity index (χ0v) is 14.1. The predicted molar refractivity (Wildman–Crippen MR) is 93.4 cm³/mol. The molecule has 4 nitrogen and oxygen atoms in total. The average molecular weight is 325 g/mol. The lowest BCUT2D eigenvalue weighted by molar-refractivity contribution is 0.0951. The van der Waals surface area contributed by atoms with Crippen molar-refractivity contribution in [2.45, 2.75) is 20.0 Å². The van der Waals surface area contributed by atoms with E-state index in [4.69, 9.17) is 9.47 Å². The number of benzene rings is 2. The summed E-state index contributed by atoms with van der Waals surface area (Å²) in [4.78, 5) is 12.2. The van der Waals surface area contributed by atoms with Crippen LogP contribution < -0.4 is 14.8 Å². The van der Waals surface area contributed by atoms with Crippen molar-refractivity contribution in [3.8, 4) is 11.5 Å². The minimum atomic E-state index is -0.0676. The smallest absolute Gasteiger partial charge is 0.251 e. The van der Waals surface area contributed by atoms with Gasteiger partial charge in [0.2, 0.25) is 0 Å². The van der Waals surface area contributed by atoms with E-state index in [2.05, 4.69) is 12.2 Å². The van der Waals surface area contributed by atoms with Crippen LogP contribution in [0.5, 0.6) is 11.5 Å². The van der Waals surface area contributed by atoms with Crippen LogP contribution in [0.2, 0.25) is 0 Å². The van der Waals surface area contributed by atoms with E-state index in [1.54, 1.807) is 25.3 Å². The number of hydrogen-bond acceptors (Lipinski definition) is 3. The summed E-state index contributed by atoms with van der Waals surface area (Å²) in [6, 6.07) is 15.2. The highest BCUT2D eigenvalue weighted by atomic mass is 16.5. The van der Waals surface area contributed by atoms with E-state index in [1.807, 2.05) is 30.3 Å². The topological polar surface area (TPSA) is 47.6 Å². The molecule has 1 aliphatic carbocycles. The van der Waals surface area contributed by atoms with Gasteiger partial charge in [0.05, 0.1) is 7.11 Å². The summed E-state index contributed by atoms with van der Waals surface area (Å²) in [6.07, 6.45) is 1.20. The summed E-state index contributed by atoms with van der Waals surface area (Å²) in [5.74, 6) is 2.49. The Kier molecular flexibility index (Phi) is 5.04. The standard InChI is InChI=1S/C20H23NO3/c1-14-10-17(14)12-21-20(22)16-8-9-18(19(11-16)23-2)24-13-15-6-4-3-5-7-15/h3-9,11,14,17H,10,12-13H2,1-2H3,(H,21,22)/t14-,17+/m0/s1. The Morgan fingerprint density at radius 3 is 2.58 bits per heavy atom. The summed E-state index contributed by atoms with van der Waals surface area (Å²) in [5.41, 5.74) is 1.67. The Balaban J connectivity index is 1.62. The number of nitrogens with one attached hydrogen (secondary N) is 1. The highest BCUT2D eigenvalue weighted by Gasteiger charge is 2.32. The van der Waals surface area contributed by atoms with Crippen LogP contribution in [0.3, 0.4) is 0 Å². The molecule has 1 fully saturated rings. The third kappa shape index (κ3) is 4.07. The van der Waals surface area contributed by atoms with E-state index in [9.17, 15) is 4.79 Å². The van der Waals surface area contributed by atoms with Crippen molar-refractivity contribution in [3.05, 3.63) is 59.7 Å². The molecule has 2 aromatic rings. The molecule has 24 heavy (non-hydrogen) atoms. The molecule has 126 valence electrons. The summed E-state index contributed by atoms with van der Waals surface area (Å²) in [5, 5.41) is 2.98. The van der Waals surface area contributed by atoms with E-state index in [-0.39, 0.29) is 5.91 Å². The van der Waals surface area contributed by atoms with Gasteiger partial charge in [0.1, 0.15) is 6.61 Å². The van der Waals surface area contributed by atoms with Crippen LogP contribution in [0, 0.1) is 11.8 Å². The molecular weight excluding hydrogens is 302 g/mol. The maximum absolute atomic E-state index is 12.2. The number of methoxy groups -OCH3 is 1. The third-order valence-electron chi connectivity index (χ3n) is 4.46. The Labute approximate surface area is 142 Å². The van der Waals surface area contributed by atoms with Crippen molar-refractivity contribution in [3.63, 3.8) is 0 Å². The highest BCUT2D eigenvalue weighted by molar-refractivity contribution is 5.94. The van der Waals surface area contributed by atoms with Gasteiger partial charge in [-0.1, -0.05) is 37.3 Å². The van der Waals surface area contributed by atoms with Crippen LogP contribution in [-0.4, -0.2) is 19.6 Å². The van der Waals surface area contributed by atoms with Crippen LogP contribution in [-0.2, 0) is 6.61 Å². The maximum Gasteiger partial charge on any atom is 0.251 e. The molecule has 3 rings (SSSR count). The van der Waals surface area contributed by atoms with Crippen LogP contribution >= 0.6 is 0 Å². The van der Waals surface area contributed by atoms with Gasteiger partial charge < -0.3 is 14.8 Å². The quantitative estimate of drug-likeness (QED) is 0.845. The molecular formula is C20H23NO3. The van der Waals surface area contributed by atoms with Gasteiger partial charge in [-0.05, 0) is 42.0 Å². The first kappa shape index (κ1) is 16.4. The van der Waals surface area contributed by atoms with Gasteiger partial charge in [0.25, 0.3) is 5.91 Å². The minimum absolute atomic E-state index is 0.0676. The molecule has 0 aliphatic heterocycles. The zero-order chi connectivity index (χ0) is 16.9. The highest BCUT2D eigenvalue weighted by Crippen LogP contribution is 2.36. The Bertz CT molecular complexity index is 699. The molecule has 1 N–H and O–H groups in total. The zero-order valence-electron chi connectivity index (χ0n) is 14.1. The van der Waals surface area contributed by atoms with Gasteiger partial charge in [0.15, 0.2) is 11.5 Å². The van der Waals surface area contributed by atoms with Crippen LogP contribution in [0.15, 0.2) is 48.5 Å². The van der Waals surface area contributed by atoms with Crippen molar-refractivity contribution in [1.82, 2.24) is 5.32 Å². The van der Waals surface area contributed by atoms with E-state index in [0.29, 0.717) is 29.6 Å². The Morgan fingerprint density at radius 1 is 1.17 bits per heavy atom. The van der Waals surface area contributed by atoms with Gasteiger partial charge in [-0.2, -0.15) is 0 Å². The maximum atomic E-state index is 12.2. The summed E-state index contributed by atoms with van der Waals surface area (Å²) >= 11 is 0. The van der Waals surface area contributed by atoms with E-state index in [1.165, 1.54) is 6.42 Å². The first-order chi connectivity index (χ1) is 11.7. The van der Waals surface area contributed by atoms with Crippen molar-refractivity contribution >= 4 is 5.91 Å². The van der Waals surface area contributed by atoms with Gasteiger partial charge in [-0.25, -0.2) is 0 Å². The Hall–Kier alpha value is -2.49. The minimum Gasteiger partial charge on any atom is -0.493 e. The average Bonchev–Trinajstić information content (AvgIpc) is 3.34. The third-order valence-corrected chi connectivity index (χ3v) is 4.46. The fraction of sp³-hybridized carbons (Fsp3) is 0.350. The molecule has 0 heterocycles. The molecule has 0 saturated heterocycles. The summed E-state index contributed by atoms with van der Waals surface area (Å²) < 4.78 is 11.2. The van der Waals surface area contributed by atoms with E-state index in [0.717, 1.165) is 18.0 Å². The number of rotatable bonds is 7. The molecule has 1 amide bonds. The molecule has 0 radical (unpaired) electrons. The summed E-state index contributed by atoms with van der Waals surface area (Å²) in [7, 11) is 1.58. The van der Waals surface area contributed by atoms with Crippen LogP contribution in [0.25, 0.3) is 0 Å². The van der Waals surface area contributed by atoms with Crippen LogP contribution in [0.1, 0.15) is 29.3 Å². The number of carbonyl (C=O) groups excluding carboxylic acids is 1. The largest absolute Gasteiger partial charge is 0.493 e. The number of hydrogen-bond donors (Lipinski definition) is 1. The van der Waals surface area contributed by atoms with Gasteiger partial charge >= 0.3 is 0 Å². The van der Waals surface area contributed by atoms with Crippen molar-refractivity contribution in [1.29, 1.82) is 0 Å². The van der Waals surface area contributed by atoms with E-state index < -0.39 is 0 Å². The molecule has 2 aromatic carbocycles. The van der Waals surface area contributed by atoms with Crippen molar-refractivity contribution in [2.24, 2.45) is 11.8 Å². The lowest BCUT2D eigenvalue weighted by Crippen LogP contribution is -2.25. The van der Waals surface area contributed by atoms with Crippen molar-refractivity contribution < 1.29 is 14.3 Å². The lowest BCUT2D eigenvalue weighted by atomic mass is 10.2. The van der Waals surface area contributed by atoms with Crippen molar-refractivity contribution in [2.75, 3.05) is 13.7 Å². The fourth-order valence-electron chi connectivity index (χ4n) is 2.67. The molecule has 1 saturated carbocycles. The number of amides is 1. The van der Waals surface area contributed by atoms with Gasteiger partial charge in [-0.15, -0.1) is 0 Å². The van der Waals surface area contributed by atoms with Gasteiger partial charge in [0, 0.05) is 12.1 Å². The molecule has 0 aromatic heterocycles. The fourth-order valence-corrected chi connectivity index (χ4v) is 2.67. The van der Waals surface area contributed by atoms with Gasteiger partial charge in [-0.3, -0.25) is 4.79 Å². The van der Waals surface area contributed by atoms with Crippen LogP contribution in [0.4, 0.5) is 0 Å². The molecule has 4 heteroatoms. The first-order valence-electron chi connectivity index (χ1n) is 8.30. The number of ether oxygens (including phenoxy) is 2. The molecule has 0 bridgehead atoms. The predicted octanol–water partition coefficient (Wildman–Crippen LogP) is 3.66. The molecule has 2 atom stereocenters. The summed E-state index contributed by atoms with van der Waals surface area (Å²) in [6.45, 7) is 3.41. The molecule has 0 spiro atoms. The van der Waals surface area contributed by atoms with E-state index >= 15 is 0 Å². The molecule has 0 unspecified atom stereocenters. The number of carbonyl (C=O) groups is 1. The second kappa shape index (κ2) is 7.39. The SMILES string of the molecule is COc1cc(C(=O)NC[C@H]2C[C@@H]2C)ccc1OCc1ccccc1. The lowest BCUT2D eigenvalue weighted by Gasteiger charge is -2.12. The molecule has 1 aliphatic rings.